The molecule has 1 aliphatic carbocycles. The predicted octanol–water partition coefficient (Wildman–Crippen LogP) is 8.13. The Hall–Kier alpha value is -3.20. The fourth-order valence-corrected chi connectivity index (χ4v) is 8.43. The van der Waals surface area contributed by atoms with Crippen molar-refractivity contribution >= 4 is 0 Å². The third-order valence-electron chi connectivity index (χ3n) is 10.3. The molecule has 1 heterocycles. The third kappa shape index (κ3) is 5.92. The molecule has 0 aromatic heterocycles. The molecule has 2 heteroatoms. The summed E-state index contributed by atoms with van der Waals surface area (Å²) < 4.78 is 6.36. The zero-order valence-corrected chi connectivity index (χ0v) is 24.2. The first-order valence-electron chi connectivity index (χ1n) is 15.6. The Labute approximate surface area is 246 Å². The molecule has 2 nitrogen and oxygen atoms in total. The van der Waals surface area contributed by atoms with Crippen molar-refractivity contribution in [3.8, 4) is 0 Å². The van der Waals surface area contributed by atoms with Crippen LogP contribution < -0.4 is 0 Å². The van der Waals surface area contributed by atoms with E-state index in [1.165, 1.54) is 22.3 Å². The molecule has 2 fully saturated rings. The van der Waals surface area contributed by atoms with Crippen molar-refractivity contribution in [1.29, 1.82) is 0 Å². The summed E-state index contributed by atoms with van der Waals surface area (Å²) in [5, 5.41) is 12.9. The van der Waals surface area contributed by atoms with Crippen molar-refractivity contribution < 1.29 is 9.84 Å². The van der Waals surface area contributed by atoms with Crippen LogP contribution in [-0.4, -0.2) is 24.4 Å². The molecule has 212 valence electrons. The third-order valence-corrected chi connectivity index (χ3v) is 10.3. The first-order chi connectivity index (χ1) is 20.2. The number of fused-ring (bicyclic) bond motifs is 1. The second-order valence-corrected chi connectivity index (χ2v) is 12.6. The summed E-state index contributed by atoms with van der Waals surface area (Å²) in [4.78, 5) is 0. The van der Waals surface area contributed by atoms with Gasteiger partial charge in [-0.05, 0) is 85.5 Å². The number of aliphatic hydroxyl groups is 1. The Bertz CT molecular complexity index is 1230. The lowest BCUT2D eigenvalue weighted by atomic mass is 9.65. The maximum atomic E-state index is 12.9. The molecule has 4 aromatic carbocycles. The number of aryl methyl sites for hydroxylation is 2. The normalized spacial score (nSPS) is 25.8. The maximum Gasteiger partial charge on any atom is 0.0666 e. The Morgan fingerprint density at radius 2 is 0.854 bits per heavy atom. The van der Waals surface area contributed by atoms with Gasteiger partial charge in [-0.25, -0.2) is 0 Å². The number of benzene rings is 4. The number of ether oxygens (including phenoxy) is 1. The van der Waals surface area contributed by atoms with Crippen LogP contribution in [0.5, 0.6) is 0 Å². The average Bonchev–Trinajstić information content (AvgIpc) is 3.58. The van der Waals surface area contributed by atoms with Crippen LogP contribution in [0.1, 0.15) is 47.9 Å². The van der Waals surface area contributed by atoms with Crippen molar-refractivity contribution in [3.63, 3.8) is 0 Å². The van der Waals surface area contributed by atoms with Crippen molar-refractivity contribution in [2.45, 2.75) is 57.5 Å². The monoisotopic (exact) mass is 544 g/mol. The van der Waals surface area contributed by atoms with E-state index in [4.69, 9.17) is 4.74 Å². The van der Waals surface area contributed by atoms with E-state index in [2.05, 4.69) is 121 Å². The molecule has 1 aliphatic heterocycles. The van der Waals surface area contributed by atoms with Gasteiger partial charge in [-0.2, -0.15) is 0 Å². The Morgan fingerprint density at radius 3 is 1.22 bits per heavy atom. The van der Waals surface area contributed by atoms with Crippen LogP contribution in [0.3, 0.4) is 0 Å². The van der Waals surface area contributed by atoms with E-state index in [0.29, 0.717) is 11.8 Å². The van der Waals surface area contributed by atoms with Crippen LogP contribution in [0.15, 0.2) is 121 Å². The van der Waals surface area contributed by atoms with Gasteiger partial charge in [0.25, 0.3) is 0 Å². The minimum absolute atomic E-state index is 0.209. The van der Waals surface area contributed by atoms with Crippen LogP contribution in [0.2, 0.25) is 0 Å². The lowest BCUT2D eigenvalue weighted by Crippen LogP contribution is -2.46. The number of aliphatic hydroxyl groups excluding tert-OH is 1. The van der Waals surface area contributed by atoms with E-state index >= 15 is 0 Å². The van der Waals surface area contributed by atoms with Crippen molar-refractivity contribution in [3.05, 3.63) is 144 Å². The molecule has 41 heavy (non-hydrogen) atoms. The van der Waals surface area contributed by atoms with E-state index in [9.17, 15) is 5.11 Å². The first kappa shape index (κ1) is 27.9. The first-order valence-corrected chi connectivity index (χ1v) is 15.6. The minimum Gasteiger partial charge on any atom is -0.392 e. The van der Waals surface area contributed by atoms with E-state index in [1.54, 1.807) is 0 Å². The molecular weight excluding hydrogens is 500 g/mol. The van der Waals surface area contributed by atoms with Crippen LogP contribution in [0.4, 0.5) is 0 Å². The summed E-state index contributed by atoms with van der Waals surface area (Å²) in [5.74, 6) is 0.711. The molecule has 0 unspecified atom stereocenters. The topological polar surface area (TPSA) is 29.5 Å². The Balaban J connectivity index is 1.36. The van der Waals surface area contributed by atoms with Gasteiger partial charge in [0, 0.05) is 10.8 Å². The highest BCUT2D eigenvalue weighted by atomic mass is 16.5. The van der Waals surface area contributed by atoms with E-state index in [1.807, 2.05) is 0 Å². The molecule has 4 atom stereocenters. The van der Waals surface area contributed by atoms with Gasteiger partial charge in [0.1, 0.15) is 0 Å². The van der Waals surface area contributed by atoms with Gasteiger partial charge in [0.2, 0.25) is 0 Å². The van der Waals surface area contributed by atoms with Gasteiger partial charge in [-0.15, -0.1) is 0 Å². The zero-order valence-electron chi connectivity index (χ0n) is 24.2. The molecule has 6 rings (SSSR count). The Morgan fingerprint density at radius 1 is 0.512 bits per heavy atom. The smallest absolute Gasteiger partial charge is 0.0666 e. The summed E-state index contributed by atoms with van der Waals surface area (Å²) >= 11 is 0. The van der Waals surface area contributed by atoms with Gasteiger partial charge in [-0.3, -0.25) is 0 Å². The van der Waals surface area contributed by atoms with E-state index in [-0.39, 0.29) is 16.9 Å². The van der Waals surface area contributed by atoms with Gasteiger partial charge in [-0.1, -0.05) is 121 Å². The minimum atomic E-state index is -0.388. The number of hydrogen-bond acceptors (Lipinski definition) is 2. The van der Waals surface area contributed by atoms with Crippen LogP contribution >= 0.6 is 0 Å². The van der Waals surface area contributed by atoms with Crippen LogP contribution in [0, 0.1) is 22.7 Å². The highest BCUT2D eigenvalue weighted by molar-refractivity contribution is 5.27. The summed E-state index contributed by atoms with van der Waals surface area (Å²) in [6.45, 7) is 1.52. The van der Waals surface area contributed by atoms with Crippen molar-refractivity contribution in [2.75, 3.05) is 13.2 Å². The molecule has 2 aliphatic rings. The van der Waals surface area contributed by atoms with Gasteiger partial charge in [0.15, 0.2) is 0 Å². The zero-order chi connectivity index (χ0) is 28.0. The average molecular weight is 545 g/mol. The molecule has 1 saturated heterocycles. The molecule has 1 N–H and O–H groups in total. The maximum absolute atomic E-state index is 12.9. The second-order valence-electron chi connectivity index (χ2n) is 12.6. The van der Waals surface area contributed by atoms with E-state index in [0.717, 1.165) is 64.6 Å². The molecule has 1 saturated carbocycles. The van der Waals surface area contributed by atoms with Gasteiger partial charge < -0.3 is 9.84 Å². The second kappa shape index (κ2) is 12.8. The van der Waals surface area contributed by atoms with Gasteiger partial charge in [0.05, 0.1) is 19.3 Å². The fraction of sp³-hybridized carbons (Fsp3) is 0.385. The van der Waals surface area contributed by atoms with Crippen molar-refractivity contribution in [1.82, 2.24) is 0 Å². The molecule has 0 amide bonds. The van der Waals surface area contributed by atoms with Gasteiger partial charge >= 0.3 is 0 Å². The molecule has 0 spiro atoms. The summed E-state index contributed by atoms with van der Waals surface area (Å²) in [5.41, 5.74) is 5.01. The van der Waals surface area contributed by atoms with Crippen molar-refractivity contribution in [2.24, 2.45) is 22.7 Å². The van der Waals surface area contributed by atoms with Crippen LogP contribution in [0.25, 0.3) is 0 Å². The summed E-state index contributed by atoms with van der Waals surface area (Å²) in [7, 11) is 0. The molecular formula is C39H44O2. The van der Waals surface area contributed by atoms with Crippen LogP contribution in [-0.2, 0) is 30.4 Å². The largest absolute Gasteiger partial charge is 0.392 e. The molecule has 0 bridgehead atoms. The standard InChI is InChI=1S/C39H44O2/c40-37-38(27-33-19-9-3-10-20-33,25-13-23-31-15-5-1-6-16-31)35-29-41-30-36(35)39(37,28-34-21-11-4-12-22-34)26-14-24-32-17-7-2-8-18-32/h1-12,15-22,35-37,40H,13-14,23-30H2/t35-,36-,38+,39+/m1/s1. The molecule has 0 radical (unpaired) electrons. The summed E-state index contributed by atoms with van der Waals surface area (Å²) in [6, 6.07) is 43.5. The lowest BCUT2D eigenvalue weighted by Gasteiger charge is -2.43. The Kier molecular flexibility index (Phi) is 8.70. The quantitative estimate of drug-likeness (QED) is 0.195. The SMILES string of the molecule is OC1[C@@](CCCc2ccccc2)(Cc2ccccc2)[C@@H]2COC[C@H]2[C@]1(CCCc1ccccc1)Cc1ccccc1. The lowest BCUT2D eigenvalue weighted by molar-refractivity contribution is -0.0672. The number of hydrogen-bond donors (Lipinski definition) is 1. The number of rotatable bonds is 12. The fourth-order valence-electron chi connectivity index (χ4n) is 8.43. The highest BCUT2D eigenvalue weighted by Crippen LogP contribution is 2.65. The predicted molar refractivity (Wildman–Crippen MR) is 168 cm³/mol. The van der Waals surface area contributed by atoms with E-state index < -0.39 is 0 Å². The molecule has 4 aromatic rings. The highest BCUT2D eigenvalue weighted by Gasteiger charge is 2.67. The summed E-state index contributed by atoms with van der Waals surface area (Å²) in [6.07, 6.45) is 7.68.